The van der Waals surface area contributed by atoms with Crippen molar-refractivity contribution in [3.8, 4) is 11.5 Å². The number of H-pyrrole nitrogens is 1. The number of rotatable bonds is 2. The van der Waals surface area contributed by atoms with E-state index in [1.54, 1.807) is 19.1 Å². The van der Waals surface area contributed by atoms with Gasteiger partial charge < -0.3 is 9.72 Å². The van der Waals surface area contributed by atoms with Gasteiger partial charge in [-0.25, -0.2) is 4.39 Å². The van der Waals surface area contributed by atoms with Crippen LogP contribution in [-0.4, -0.2) is 4.98 Å². The molecule has 96 valence electrons. The SMILES string of the molecule is Cc1cc(Oc2ccc3[nH]ccc3c2C)ccc1F. The maximum Gasteiger partial charge on any atom is 0.131 e. The Labute approximate surface area is 110 Å². The van der Waals surface area contributed by atoms with Crippen molar-refractivity contribution in [2.45, 2.75) is 13.8 Å². The molecule has 0 saturated carbocycles. The molecule has 0 aliphatic rings. The zero-order chi connectivity index (χ0) is 13.4. The largest absolute Gasteiger partial charge is 0.457 e. The van der Waals surface area contributed by atoms with Gasteiger partial charge in [-0.3, -0.25) is 0 Å². The Bertz CT molecular complexity index is 746. The van der Waals surface area contributed by atoms with Crippen LogP contribution in [0.25, 0.3) is 10.9 Å². The van der Waals surface area contributed by atoms with Crippen molar-refractivity contribution in [3.05, 3.63) is 59.5 Å². The molecule has 0 unspecified atom stereocenters. The minimum atomic E-state index is -0.217. The smallest absolute Gasteiger partial charge is 0.131 e. The van der Waals surface area contributed by atoms with Crippen LogP contribution >= 0.6 is 0 Å². The van der Waals surface area contributed by atoms with Crippen molar-refractivity contribution in [3.63, 3.8) is 0 Å². The lowest BCUT2D eigenvalue weighted by atomic mass is 10.1. The van der Waals surface area contributed by atoms with Gasteiger partial charge in [-0.15, -0.1) is 0 Å². The summed E-state index contributed by atoms with van der Waals surface area (Å²) in [6.45, 7) is 3.74. The summed E-state index contributed by atoms with van der Waals surface area (Å²) in [6, 6.07) is 10.7. The van der Waals surface area contributed by atoms with Crippen LogP contribution in [-0.2, 0) is 0 Å². The van der Waals surface area contributed by atoms with Crippen molar-refractivity contribution in [2.75, 3.05) is 0 Å². The lowest BCUT2D eigenvalue weighted by Gasteiger charge is -2.10. The Morgan fingerprint density at radius 3 is 2.68 bits per heavy atom. The molecule has 19 heavy (non-hydrogen) atoms. The van der Waals surface area contributed by atoms with Crippen LogP contribution in [0.4, 0.5) is 4.39 Å². The lowest BCUT2D eigenvalue weighted by Crippen LogP contribution is -1.90. The van der Waals surface area contributed by atoms with E-state index in [9.17, 15) is 4.39 Å². The highest BCUT2D eigenvalue weighted by Gasteiger charge is 2.07. The van der Waals surface area contributed by atoms with Crippen molar-refractivity contribution < 1.29 is 9.13 Å². The summed E-state index contributed by atoms with van der Waals surface area (Å²) in [5.74, 6) is 1.22. The third-order valence-corrected chi connectivity index (χ3v) is 3.31. The van der Waals surface area contributed by atoms with E-state index in [0.29, 0.717) is 11.3 Å². The summed E-state index contributed by atoms with van der Waals surface area (Å²) >= 11 is 0. The highest BCUT2D eigenvalue weighted by atomic mass is 19.1. The van der Waals surface area contributed by atoms with Crippen LogP contribution in [0.3, 0.4) is 0 Å². The first-order valence-corrected chi connectivity index (χ1v) is 6.16. The quantitative estimate of drug-likeness (QED) is 0.704. The van der Waals surface area contributed by atoms with Gasteiger partial charge in [0.2, 0.25) is 0 Å². The molecule has 2 aromatic carbocycles. The fourth-order valence-corrected chi connectivity index (χ4v) is 2.18. The molecular weight excluding hydrogens is 241 g/mol. The Balaban J connectivity index is 2.00. The summed E-state index contributed by atoms with van der Waals surface area (Å²) in [7, 11) is 0. The number of nitrogens with one attached hydrogen (secondary N) is 1. The molecule has 2 nitrogen and oxygen atoms in total. The van der Waals surface area contributed by atoms with Gasteiger partial charge in [0.25, 0.3) is 0 Å². The number of fused-ring (bicyclic) bond motifs is 1. The van der Waals surface area contributed by atoms with Gasteiger partial charge >= 0.3 is 0 Å². The van der Waals surface area contributed by atoms with Gasteiger partial charge in [-0.05, 0) is 55.8 Å². The molecule has 3 rings (SSSR count). The van der Waals surface area contributed by atoms with E-state index in [0.717, 1.165) is 22.2 Å². The second-order valence-electron chi connectivity index (χ2n) is 4.64. The highest BCUT2D eigenvalue weighted by Crippen LogP contribution is 2.30. The van der Waals surface area contributed by atoms with Gasteiger partial charge in [-0.2, -0.15) is 0 Å². The molecule has 1 heterocycles. The fraction of sp³-hybridized carbons (Fsp3) is 0.125. The molecule has 0 bridgehead atoms. The fourth-order valence-electron chi connectivity index (χ4n) is 2.18. The average Bonchev–Trinajstić information content (AvgIpc) is 2.86. The van der Waals surface area contributed by atoms with Gasteiger partial charge in [-0.1, -0.05) is 0 Å². The highest BCUT2D eigenvalue weighted by molar-refractivity contribution is 5.85. The number of halogens is 1. The summed E-state index contributed by atoms with van der Waals surface area (Å²) in [5, 5.41) is 1.14. The van der Waals surface area contributed by atoms with Crippen LogP contribution in [0.15, 0.2) is 42.6 Å². The number of hydrogen-bond acceptors (Lipinski definition) is 1. The van der Waals surface area contributed by atoms with E-state index in [2.05, 4.69) is 4.98 Å². The Hall–Kier alpha value is -2.29. The Kier molecular flexibility index (Phi) is 2.75. The second-order valence-corrected chi connectivity index (χ2v) is 4.64. The number of aryl methyl sites for hydroxylation is 2. The van der Waals surface area contributed by atoms with E-state index in [1.165, 1.54) is 6.07 Å². The monoisotopic (exact) mass is 255 g/mol. The zero-order valence-electron chi connectivity index (χ0n) is 10.8. The molecule has 1 N–H and O–H groups in total. The van der Waals surface area contributed by atoms with Crippen molar-refractivity contribution in [1.82, 2.24) is 4.98 Å². The van der Waals surface area contributed by atoms with E-state index in [4.69, 9.17) is 4.74 Å². The third kappa shape index (κ3) is 2.08. The molecule has 0 radical (unpaired) electrons. The molecule has 0 spiro atoms. The van der Waals surface area contributed by atoms with Gasteiger partial charge in [0.15, 0.2) is 0 Å². The summed E-state index contributed by atoms with van der Waals surface area (Å²) < 4.78 is 19.1. The predicted octanol–water partition coefficient (Wildman–Crippen LogP) is 4.72. The van der Waals surface area contributed by atoms with Crippen molar-refractivity contribution in [1.29, 1.82) is 0 Å². The molecule has 0 atom stereocenters. The summed E-state index contributed by atoms with van der Waals surface area (Å²) in [6.07, 6.45) is 1.91. The number of hydrogen-bond donors (Lipinski definition) is 1. The molecule has 1 aromatic heterocycles. The molecule has 0 aliphatic carbocycles. The first kappa shape index (κ1) is 11.8. The third-order valence-electron chi connectivity index (χ3n) is 3.31. The number of benzene rings is 2. The van der Waals surface area contributed by atoms with Crippen LogP contribution in [0.1, 0.15) is 11.1 Å². The van der Waals surface area contributed by atoms with Crippen LogP contribution in [0.2, 0.25) is 0 Å². The predicted molar refractivity (Wildman–Crippen MR) is 74.2 cm³/mol. The molecular formula is C16H14FNO. The summed E-state index contributed by atoms with van der Waals surface area (Å²) in [4.78, 5) is 3.16. The van der Waals surface area contributed by atoms with Crippen molar-refractivity contribution >= 4 is 10.9 Å². The zero-order valence-corrected chi connectivity index (χ0v) is 10.8. The average molecular weight is 255 g/mol. The molecule has 0 amide bonds. The van der Waals surface area contributed by atoms with Gasteiger partial charge in [0, 0.05) is 22.7 Å². The van der Waals surface area contributed by atoms with Gasteiger partial charge in [0.1, 0.15) is 17.3 Å². The van der Waals surface area contributed by atoms with E-state index in [-0.39, 0.29) is 5.82 Å². The Morgan fingerprint density at radius 1 is 1.05 bits per heavy atom. The minimum Gasteiger partial charge on any atom is -0.457 e. The number of aromatic amines is 1. The molecule has 3 heteroatoms. The first-order chi connectivity index (χ1) is 9.15. The van der Waals surface area contributed by atoms with Crippen LogP contribution in [0, 0.1) is 19.7 Å². The first-order valence-electron chi connectivity index (χ1n) is 6.16. The molecule has 3 aromatic rings. The Morgan fingerprint density at radius 2 is 1.89 bits per heavy atom. The van der Waals surface area contributed by atoms with Crippen LogP contribution in [0.5, 0.6) is 11.5 Å². The maximum atomic E-state index is 13.2. The molecule has 0 fully saturated rings. The topological polar surface area (TPSA) is 25.0 Å². The summed E-state index contributed by atoms with van der Waals surface area (Å²) in [5.41, 5.74) is 2.73. The second kappa shape index (κ2) is 4.43. The standard InChI is InChI=1S/C16H14FNO/c1-10-9-12(3-4-14(10)17)19-16-6-5-15-13(11(16)2)7-8-18-15/h3-9,18H,1-2H3. The van der Waals surface area contributed by atoms with E-state index in [1.807, 2.05) is 31.3 Å². The van der Waals surface area contributed by atoms with E-state index >= 15 is 0 Å². The number of aromatic nitrogens is 1. The van der Waals surface area contributed by atoms with Crippen molar-refractivity contribution in [2.24, 2.45) is 0 Å². The number of ether oxygens (including phenoxy) is 1. The van der Waals surface area contributed by atoms with Crippen LogP contribution < -0.4 is 4.74 Å². The normalized spacial score (nSPS) is 10.9. The lowest BCUT2D eigenvalue weighted by molar-refractivity contribution is 0.477. The molecule has 0 aliphatic heterocycles. The van der Waals surface area contributed by atoms with Gasteiger partial charge in [0.05, 0.1) is 0 Å². The van der Waals surface area contributed by atoms with E-state index < -0.39 is 0 Å². The minimum absolute atomic E-state index is 0.217. The molecule has 0 saturated heterocycles. The maximum absolute atomic E-state index is 13.2.